The van der Waals surface area contributed by atoms with Gasteiger partial charge >= 0.3 is 17.9 Å². The van der Waals surface area contributed by atoms with Crippen molar-refractivity contribution in [3.05, 3.63) is 0 Å². The zero-order valence-corrected chi connectivity index (χ0v) is 35.4. The Kier molecular flexibility index (Phi) is 37.9. The maximum atomic E-state index is 12.7. The molecule has 0 spiro atoms. The van der Waals surface area contributed by atoms with Crippen LogP contribution in [-0.4, -0.2) is 37.2 Å². The molecule has 0 aliphatic heterocycles. The summed E-state index contributed by atoms with van der Waals surface area (Å²) in [5, 5.41) is 0. The van der Waals surface area contributed by atoms with Gasteiger partial charge in [-0.2, -0.15) is 0 Å². The second-order valence-corrected chi connectivity index (χ2v) is 16.4. The molecule has 308 valence electrons. The van der Waals surface area contributed by atoms with E-state index in [0.717, 1.165) is 69.6 Å². The highest BCUT2D eigenvalue weighted by Crippen LogP contribution is 2.17. The minimum absolute atomic E-state index is 0.0659. The number of ether oxygens (including phenoxy) is 3. The van der Waals surface area contributed by atoms with Gasteiger partial charge < -0.3 is 14.2 Å². The van der Waals surface area contributed by atoms with E-state index in [1.54, 1.807) is 0 Å². The van der Waals surface area contributed by atoms with E-state index in [4.69, 9.17) is 14.2 Å². The Morgan fingerprint density at radius 1 is 0.404 bits per heavy atom. The van der Waals surface area contributed by atoms with E-state index in [9.17, 15) is 14.4 Å². The number of hydrogen-bond donors (Lipinski definition) is 0. The van der Waals surface area contributed by atoms with Gasteiger partial charge in [0.05, 0.1) is 0 Å². The Morgan fingerprint density at radius 2 is 0.731 bits per heavy atom. The molecule has 0 amide bonds. The summed E-state index contributed by atoms with van der Waals surface area (Å²) in [7, 11) is 0. The Bertz CT molecular complexity index is 796. The van der Waals surface area contributed by atoms with Crippen LogP contribution in [0.5, 0.6) is 0 Å². The van der Waals surface area contributed by atoms with E-state index in [-0.39, 0.29) is 31.1 Å². The van der Waals surface area contributed by atoms with Crippen LogP contribution in [-0.2, 0) is 28.6 Å². The van der Waals surface area contributed by atoms with E-state index in [2.05, 4.69) is 34.6 Å². The first-order chi connectivity index (χ1) is 25.3. The Hall–Kier alpha value is -1.59. The molecule has 0 aromatic heterocycles. The Morgan fingerprint density at radius 3 is 1.10 bits per heavy atom. The summed E-state index contributed by atoms with van der Waals surface area (Å²) in [4.78, 5) is 37.6. The van der Waals surface area contributed by atoms with Crippen molar-refractivity contribution in [1.29, 1.82) is 0 Å². The van der Waals surface area contributed by atoms with E-state index >= 15 is 0 Å². The molecule has 0 N–H and O–H groups in total. The van der Waals surface area contributed by atoms with Crippen molar-refractivity contribution in [1.82, 2.24) is 0 Å². The largest absolute Gasteiger partial charge is 0.462 e. The molecule has 0 fully saturated rings. The second kappa shape index (κ2) is 39.1. The molecule has 6 heteroatoms. The first-order valence-corrected chi connectivity index (χ1v) is 22.8. The number of esters is 3. The molecular formula is C46H88O6. The average Bonchev–Trinajstić information content (AvgIpc) is 3.12. The quantitative estimate of drug-likeness (QED) is 0.0354. The molecule has 0 radical (unpaired) electrons. The summed E-state index contributed by atoms with van der Waals surface area (Å²) in [6, 6.07) is 0. The predicted octanol–water partition coefficient (Wildman–Crippen LogP) is 14.2. The SMILES string of the molecule is CCCCCCCCCCCCCC(=O)OC[C@@H](COC(=O)CCCCCCCCCCCCC(C)CC)OC(=O)CCCCCCCCC(C)C. The minimum atomic E-state index is -0.760. The zero-order valence-electron chi connectivity index (χ0n) is 35.4. The van der Waals surface area contributed by atoms with E-state index < -0.39 is 6.10 Å². The van der Waals surface area contributed by atoms with Crippen molar-refractivity contribution in [3.8, 4) is 0 Å². The highest BCUT2D eigenvalue weighted by molar-refractivity contribution is 5.71. The van der Waals surface area contributed by atoms with E-state index in [1.807, 2.05) is 0 Å². The van der Waals surface area contributed by atoms with E-state index in [1.165, 1.54) is 135 Å². The molecule has 1 unspecified atom stereocenters. The van der Waals surface area contributed by atoms with Crippen molar-refractivity contribution in [3.63, 3.8) is 0 Å². The van der Waals surface area contributed by atoms with Crippen molar-refractivity contribution >= 4 is 17.9 Å². The second-order valence-electron chi connectivity index (χ2n) is 16.4. The fourth-order valence-electron chi connectivity index (χ4n) is 6.72. The highest BCUT2D eigenvalue weighted by Gasteiger charge is 2.19. The maximum Gasteiger partial charge on any atom is 0.306 e. The third-order valence-corrected chi connectivity index (χ3v) is 10.6. The maximum absolute atomic E-state index is 12.7. The fraction of sp³-hybridized carbons (Fsp3) is 0.935. The van der Waals surface area contributed by atoms with Crippen LogP contribution in [0.15, 0.2) is 0 Å². The zero-order chi connectivity index (χ0) is 38.3. The van der Waals surface area contributed by atoms with Crippen molar-refractivity contribution in [2.75, 3.05) is 13.2 Å². The lowest BCUT2D eigenvalue weighted by atomic mass is 9.99. The monoisotopic (exact) mass is 737 g/mol. The first-order valence-electron chi connectivity index (χ1n) is 22.8. The molecule has 6 nitrogen and oxygen atoms in total. The summed E-state index contributed by atoms with van der Waals surface area (Å²) in [6.07, 6.45) is 36.6. The number of unbranched alkanes of at least 4 members (excludes halogenated alkanes) is 24. The summed E-state index contributed by atoms with van der Waals surface area (Å²) in [5.74, 6) is 0.766. The molecule has 0 bridgehead atoms. The van der Waals surface area contributed by atoms with Crippen molar-refractivity contribution < 1.29 is 28.6 Å². The lowest BCUT2D eigenvalue weighted by Crippen LogP contribution is -2.30. The van der Waals surface area contributed by atoms with Crippen LogP contribution in [0.2, 0.25) is 0 Å². The highest BCUT2D eigenvalue weighted by atomic mass is 16.6. The Labute approximate surface area is 323 Å². The molecule has 0 aliphatic carbocycles. The molecule has 0 aliphatic rings. The van der Waals surface area contributed by atoms with Gasteiger partial charge in [-0.3, -0.25) is 14.4 Å². The van der Waals surface area contributed by atoms with Crippen LogP contribution in [0, 0.1) is 11.8 Å². The molecule has 0 saturated heterocycles. The first kappa shape index (κ1) is 50.4. The van der Waals surface area contributed by atoms with Gasteiger partial charge in [0, 0.05) is 19.3 Å². The smallest absolute Gasteiger partial charge is 0.306 e. The summed E-state index contributed by atoms with van der Waals surface area (Å²) in [6.45, 7) is 11.3. The summed E-state index contributed by atoms with van der Waals surface area (Å²) < 4.78 is 16.7. The van der Waals surface area contributed by atoms with Crippen LogP contribution in [0.3, 0.4) is 0 Å². The van der Waals surface area contributed by atoms with Gasteiger partial charge in [-0.1, -0.05) is 208 Å². The number of carbonyl (C=O) groups excluding carboxylic acids is 3. The molecular weight excluding hydrogens is 648 g/mol. The van der Waals surface area contributed by atoms with Gasteiger partial charge in [-0.05, 0) is 31.1 Å². The average molecular weight is 737 g/mol. The van der Waals surface area contributed by atoms with Crippen LogP contribution in [0.4, 0.5) is 0 Å². The van der Waals surface area contributed by atoms with Crippen LogP contribution in [0.25, 0.3) is 0 Å². The molecule has 0 heterocycles. The minimum Gasteiger partial charge on any atom is -0.462 e. The number of rotatable bonds is 40. The third kappa shape index (κ3) is 38.1. The Balaban J connectivity index is 4.31. The van der Waals surface area contributed by atoms with Gasteiger partial charge in [0.1, 0.15) is 13.2 Å². The van der Waals surface area contributed by atoms with Crippen molar-refractivity contribution in [2.45, 2.75) is 253 Å². The standard InChI is InChI=1S/C46H88O6/c1-6-8-9-10-11-12-13-17-20-26-31-36-44(47)50-39-43(52-46(49)38-33-28-23-22-24-29-34-41(3)4)40-51-45(48)37-32-27-21-18-15-14-16-19-25-30-35-42(5)7-2/h41-43H,6-40H2,1-5H3/t42?,43-/m0/s1. The molecule has 52 heavy (non-hydrogen) atoms. The third-order valence-electron chi connectivity index (χ3n) is 10.6. The number of hydrogen-bond acceptors (Lipinski definition) is 6. The normalized spacial score (nSPS) is 12.6. The molecule has 0 aromatic rings. The summed E-state index contributed by atoms with van der Waals surface area (Å²) in [5.41, 5.74) is 0. The predicted molar refractivity (Wildman–Crippen MR) is 220 cm³/mol. The van der Waals surface area contributed by atoms with Crippen LogP contribution >= 0.6 is 0 Å². The topological polar surface area (TPSA) is 78.9 Å². The van der Waals surface area contributed by atoms with Crippen LogP contribution in [0.1, 0.15) is 247 Å². The van der Waals surface area contributed by atoms with Gasteiger partial charge in [0.2, 0.25) is 0 Å². The van der Waals surface area contributed by atoms with Crippen molar-refractivity contribution in [2.24, 2.45) is 11.8 Å². The lowest BCUT2D eigenvalue weighted by Gasteiger charge is -2.18. The van der Waals surface area contributed by atoms with E-state index in [0.29, 0.717) is 19.3 Å². The van der Waals surface area contributed by atoms with Gasteiger partial charge in [-0.25, -0.2) is 0 Å². The lowest BCUT2D eigenvalue weighted by molar-refractivity contribution is -0.167. The van der Waals surface area contributed by atoms with Gasteiger partial charge in [-0.15, -0.1) is 0 Å². The van der Waals surface area contributed by atoms with Crippen LogP contribution < -0.4 is 0 Å². The molecule has 2 atom stereocenters. The molecule has 0 saturated carbocycles. The van der Waals surface area contributed by atoms with Gasteiger partial charge in [0.25, 0.3) is 0 Å². The van der Waals surface area contributed by atoms with Gasteiger partial charge in [0.15, 0.2) is 6.10 Å². The molecule has 0 rings (SSSR count). The summed E-state index contributed by atoms with van der Waals surface area (Å²) >= 11 is 0. The number of carbonyl (C=O) groups is 3. The fourth-order valence-corrected chi connectivity index (χ4v) is 6.72. The molecule has 0 aromatic carbocycles.